The normalized spacial score (nSPS) is 13.4. The van der Waals surface area contributed by atoms with Crippen LogP contribution in [0.3, 0.4) is 0 Å². The van der Waals surface area contributed by atoms with Gasteiger partial charge in [-0.1, -0.05) is 19.1 Å². The minimum Gasteiger partial charge on any atom is -0.507 e. The number of hydrogen-bond acceptors (Lipinski definition) is 4. The predicted molar refractivity (Wildman–Crippen MR) is 77.6 cm³/mol. The van der Waals surface area contributed by atoms with Crippen molar-refractivity contribution in [2.24, 2.45) is 5.73 Å². The van der Waals surface area contributed by atoms with Gasteiger partial charge in [-0.3, -0.25) is 4.79 Å². The van der Waals surface area contributed by atoms with E-state index in [-0.39, 0.29) is 16.3 Å². The van der Waals surface area contributed by atoms with Crippen LogP contribution in [0.25, 0.3) is 0 Å². The van der Waals surface area contributed by atoms with Crippen molar-refractivity contribution in [3.8, 4) is 11.5 Å². The van der Waals surface area contributed by atoms with Gasteiger partial charge < -0.3 is 20.9 Å². The third-order valence-electron chi connectivity index (χ3n) is 3.09. The number of ether oxygens (including phenoxy) is 1. The first-order valence-electron chi connectivity index (χ1n) is 5.83. The summed E-state index contributed by atoms with van der Waals surface area (Å²) in [6, 6.07) is 4.46. The summed E-state index contributed by atoms with van der Waals surface area (Å²) in [5, 5.41) is 12.5. The van der Waals surface area contributed by atoms with Crippen molar-refractivity contribution in [3.05, 3.63) is 23.8 Å². The van der Waals surface area contributed by atoms with Crippen molar-refractivity contribution >= 4 is 23.1 Å². The number of phenolic OH excluding ortho intramolecular Hbond substituents is 1. The highest BCUT2D eigenvalue weighted by molar-refractivity contribution is 7.80. The molecule has 1 rings (SSSR count). The van der Waals surface area contributed by atoms with E-state index in [1.165, 1.54) is 19.2 Å². The number of benzene rings is 1. The van der Waals surface area contributed by atoms with Gasteiger partial charge >= 0.3 is 0 Å². The largest absolute Gasteiger partial charge is 0.507 e. The molecule has 104 valence electrons. The molecular weight excluding hydrogens is 264 g/mol. The fraction of sp³-hybridized carbons (Fsp3) is 0.385. The van der Waals surface area contributed by atoms with Crippen LogP contribution in [0.15, 0.2) is 18.2 Å². The molecule has 1 aromatic rings. The highest BCUT2D eigenvalue weighted by atomic mass is 32.1. The summed E-state index contributed by atoms with van der Waals surface area (Å²) < 4.78 is 4.96. The number of amides is 1. The number of carbonyl (C=O) groups is 1. The first kappa shape index (κ1) is 15.2. The van der Waals surface area contributed by atoms with Crippen LogP contribution >= 0.6 is 12.2 Å². The average Bonchev–Trinajstić information content (AvgIpc) is 2.37. The second-order valence-corrected chi connectivity index (χ2v) is 4.83. The molecule has 0 radical (unpaired) electrons. The van der Waals surface area contributed by atoms with Crippen LogP contribution in [0.2, 0.25) is 0 Å². The molecule has 0 saturated carbocycles. The summed E-state index contributed by atoms with van der Waals surface area (Å²) in [7, 11) is 1.48. The Kier molecular flexibility index (Phi) is 4.72. The number of thiocarbonyl (C=S) groups is 1. The second kappa shape index (κ2) is 5.88. The van der Waals surface area contributed by atoms with E-state index in [9.17, 15) is 9.90 Å². The zero-order chi connectivity index (χ0) is 14.6. The fourth-order valence-corrected chi connectivity index (χ4v) is 1.67. The van der Waals surface area contributed by atoms with E-state index >= 15 is 0 Å². The van der Waals surface area contributed by atoms with Gasteiger partial charge in [-0.2, -0.15) is 0 Å². The number of carbonyl (C=O) groups excluding carboxylic acids is 1. The molecule has 0 aliphatic carbocycles. The number of rotatable bonds is 5. The SMILES string of the molecule is CCC(C)(NC(=O)c1ccc(OC)cc1O)C(N)=S. The van der Waals surface area contributed by atoms with Gasteiger partial charge in [0, 0.05) is 6.07 Å². The molecule has 19 heavy (non-hydrogen) atoms. The Labute approximate surface area is 117 Å². The number of phenols is 1. The maximum absolute atomic E-state index is 12.1. The molecule has 0 bridgehead atoms. The van der Waals surface area contributed by atoms with Crippen LogP contribution in [-0.4, -0.2) is 28.7 Å². The maximum Gasteiger partial charge on any atom is 0.255 e. The lowest BCUT2D eigenvalue weighted by Crippen LogP contribution is -2.54. The van der Waals surface area contributed by atoms with Crippen molar-refractivity contribution < 1.29 is 14.6 Å². The molecule has 0 fully saturated rings. The molecule has 0 heterocycles. The standard InChI is InChI=1S/C13H18N2O3S/c1-4-13(2,12(14)19)15-11(17)9-6-5-8(18-3)7-10(9)16/h5-7,16H,4H2,1-3H3,(H2,14,19)(H,15,17). The van der Waals surface area contributed by atoms with Gasteiger partial charge in [0.1, 0.15) is 11.5 Å². The molecule has 1 atom stereocenters. The molecule has 4 N–H and O–H groups in total. The van der Waals surface area contributed by atoms with Gasteiger partial charge in [0.15, 0.2) is 0 Å². The Morgan fingerprint density at radius 3 is 2.63 bits per heavy atom. The van der Waals surface area contributed by atoms with Crippen LogP contribution in [0, 0.1) is 0 Å². The minimum atomic E-state index is -0.779. The minimum absolute atomic E-state index is 0.150. The van der Waals surface area contributed by atoms with Gasteiger partial charge in [-0.25, -0.2) is 0 Å². The molecular formula is C13H18N2O3S. The van der Waals surface area contributed by atoms with E-state index < -0.39 is 11.4 Å². The Balaban J connectivity index is 2.98. The summed E-state index contributed by atoms with van der Waals surface area (Å²) >= 11 is 4.95. The molecule has 0 saturated heterocycles. The third kappa shape index (κ3) is 3.35. The zero-order valence-electron chi connectivity index (χ0n) is 11.2. The van der Waals surface area contributed by atoms with Crippen LogP contribution in [0.1, 0.15) is 30.6 Å². The van der Waals surface area contributed by atoms with Crippen LogP contribution < -0.4 is 15.8 Å². The van der Waals surface area contributed by atoms with E-state index in [1.54, 1.807) is 13.0 Å². The molecule has 5 nitrogen and oxygen atoms in total. The zero-order valence-corrected chi connectivity index (χ0v) is 12.0. The van der Waals surface area contributed by atoms with Gasteiger partial charge in [0.2, 0.25) is 0 Å². The van der Waals surface area contributed by atoms with Crippen LogP contribution in [0.4, 0.5) is 0 Å². The number of methoxy groups -OCH3 is 1. The Morgan fingerprint density at radius 1 is 1.58 bits per heavy atom. The molecule has 1 aromatic carbocycles. The first-order chi connectivity index (χ1) is 8.84. The lowest BCUT2D eigenvalue weighted by Gasteiger charge is -2.28. The molecule has 0 aromatic heterocycles. The molecule has 6 heteroatoms. The fourth-order valence-electron chi connectivity index (χ4n) is 1.47. The Hall–Kier alpha value is -1.82. The summed E-state index contributed by atoms with van der Waals surface area (Å²) in [5.41, 5.74) is 5.00. The van der Waals surface area contributed by atoms with Crippen molar-refractivity contribution in [3.63, 3.8) is 0 Å². The van der Waals surface area contributed by atoms with Crippen molar-refractivity contribution in [1.29, 1.82) is 0 Å². The summed E-state index contributed by atoms with van der Waals surface area (Å²) in [6.45, 7) is 3.61. The Bertz CT molecular complexity index is 505. The van der Waals surface area contributed by atoms with E-state index in [2.05, 4.69) is 5.32 Å². The average molecular weight is 282 g/mol. The summed E-state index contributed by atoms with van der Waals surface area (Å²) in [4.78, 5) is 12.3. The lowest BCUT2D eigenvalue weighted by molar-refractivity contribution is 0.0924. The van der Waals surface area contributed by atoms with Crippen molar-refractivity contribution in [1.82, 2.24) is 5.32 Å². The van der Waals surface area contributed by atoms with E-state index in [1.807, 2.05) is 6.92 Å². The number of aromatic hydroxyl groups is 1. The molecule has 0 aliphatic rings. The third-order valence-corrected chi connectivity index (χ3v) is 3.54. The highest BCUT2D eigenvalue weighted by Gasteiger charge is 2.28. The summed E-state index contributed by atoms with van der Waals surface area (Å²) in [5.74, 6) is -0.114. The summed E-state index contributed by atoms with van der Waals surface area (Å²) in [6.07, 6.45) is 0.561. The van der Waals surface area contributed by atoms with E-state index in [0.717, 1.165) is 0 Å². The van der Waals surface area contributed by atoms with Crippen LogP contribution in [-0.2, 0) is 0 Å². The van der Waals surface area contributed by atoms with Gasteiger partial charge in [0.25, 0.3) is 5.91 Å². The van der Waals surface area contributed by atoms with E-state index in [0.29, 0.717) is 12.2 Å². The quantitative estimate of drug-likeness (QED) is 0.714. The van der Waals surface area contributed by atoms with E-state index in [4.69, 9.17) is 22.7 Å². The van der Waals surface area contributed by atoms with Crippen LogP contribution in [0.5, 0.6) is 11.5 Å². The van der Waals surface area contributed by atoms with Gasteiger partial charge in [0.05, 0.1) is 23.2 Å². The van der Waals surface area contributed by atoms with Gasteiger partial charge in [-0.15, -0.1) is 0 Å². The van der Waals surface area contributed by atoms with Crippen molar-refractivity contribution in [2.75, 3.05) is 7.11 Å². The monoisotopic (exact) mass is 282 g/mol. The number of hydrogen-bond donors (Lipinski definition) is 3. The molecule has 1 amide bonds. The number of nitrogens with one attached hydrogen (secondary N) is 1. The topological polar surface area (TPSA) is 84.6 Å². The van der Waals surface area contributed by atoms with Crippen molar-refractivity contribution in [2.45, 2.75) is 25.8 Å². The first-order valence-corrected chi connectivity index (χ1v) is 6.24. The van der Waals surface area contributed by atoms with Gasteiger partial charge in [-0.05, 0) is 25.5 Å². The smallest absolute Gasteiger partial charge is 0.255 e. The lowest BCUT2D eigenvalue weighted by atomic mass is 9.98. The molecule has 0 spiro atoms. The second-order valence-electron chi connectivity index (χ2n) is 4.39. The highest BCUT2D eigenvalue weighted by Crippen LogP contribution is 2.24. The molecule has 0 aliphatic heterocycles. The Morgan fingerprint density at radius 2 is 2.21 bits per heavy atom. The molecule has 1 unspecified atom stereocenters. The maximum atomic E-state index is 12.1. The number of nitrogens with two attached hydrogens (primary N) is 1. The predicted octanol–water partition coefficient (Wildman–Crippen LogP) is 1.59.